The van der Waals surface area contributed by atoms with Crippen molar-refractivity contribution in [1.82, 2.24) is 4.90 Å². The normalized spacial score (nSPS) is 18.9. The monoisotopic (exact) mass is 325 g/mol. The Morgan fingerprint density at radius 3 is 2.21 bits per heavy atom. The minimum absolute atomic E-state index is 0.0706. The Labute approximate surface area is 124 Å². The van der Waals surface area contributed by atoms with Crippen molar-refractivity contribution < 1.29 is 0 Å². The summed E-state index contributed by atoms with van der Waals surface area (Å²) in [7, 11) is 0. The number of anilines is 1. The zero-order valence-corrected chi connectivity index (χ0v) is 13.7. The molecule has 1 atom stereocenters. The summed E-state index contributed by atoms with van der Waals surface area (Å²) in [6.45, 7) is 11.0. The number of hydrogen-bond acceptors (Lipinski definition) is 3. The van der Waals surface area contributed by atoms with E-state index in [0.29, 0.717) is 6.04 Å². The first-order valence-corrected chi connectivity index (χ1v) is 7.82. The second-order valence-corrected chi connectivity index (χ2v) is 6.47. The van der Waals surface area contributed by atoms with Gasteiger partial charge in [-0.1, -0.05) is 22.0 Å². The first-order valence-electron chi connectivity index (χ1n) is 7.03. The fraction of sp³-hybridized carbons (Fsp3) is 0.600. The van der Waals surface area contributed by atoms with Gasteiger partial charge in [0.2, 0.25) is 0 Å². The highest BCUT2D eigenvalue weighted by atomic mass is 79.9. The van der Waals surface area contributed by atoms with Crippen LogP contribution < -0.4 is 10.6 Å². The molecule has 4 heteroatoms. The third kappa shape index (κ3) is 3.50. The van der Waals surface area contributed by atoms with Crippen LogP contribution in [0.2, 0.25) is 0 Å². The molecule has 19 heavy (non-hydrogen) atoms. The van der Waals surface area contributed by atoms with Crippen LogP contribution in [0.4, 0.5) is 5.69 Å². The lowest BCUT2D eigenvalue weighted by atomic mass is 10.1. The molecule has 0 aromatic heterocycles. The molecule has 0 saturated carbocycles. The van der Waals surface area contributed by atoms with Gasteiger partial charge in [0.05, 0.1) is 0 Å². The fourth-order valence-electron chi connectivity index (χ4n) is 2.58. The van der Waals surface area contributed by atoms with Gasteiger partial charge in [0, 0.05) is 48.4 Å². The summed E-state index contributed by atoms with van der Waals surface area (Å²) in [6.07, 6.45) is 0. The third-order valence-electron chi connectivity index (χ3n) is 3.88. The Morgan fingerprint density at radius 1 is 1.11 bits per heavy atom. The van der Waals surface area contributed by atoms with Crippen molar-refractivity contribution in [2.75, 3.05) is 31.1 Å². The zero-order chi connectivity index (χ0) is 14.0. The maximum Gasteiger partial charge on any atom is 0.0378 e. The molecule has 3 nitrogen and oxygen atoms in total. The van der Waals surface area contributed by atoms with Crippen LogP contribution >= 0.6 is 15.9 Å². The number of nitrogens with two attached hydrogens (primary N) is 1. The molecule has 106 valence electrons. The van der Waals surface area contributed by atoms with Gasteiger partial charge in [-0.2, -0.15) is 0 Å². The Balaban J connectivity index is 2.06. The van der Waals surface area contributed by atoms with E-state index in [4.69, 9.17) is 5.73 Å². The van der Waals surface area contributed by atoms with E-state index >= 15 is 0 Å². The van der Waals surface area contributed by atoms with E-state index in [1.54, 1.807) is 0 Å². The molecular weight excluding hydrogens is 302 g/mol. The number of rotatable bonds is 3. The third-order valence-corrected chi connectivity index (χ3v) is 4.57. The minimum Gasteiger partial charge on any atom is -0.369 e. The quantitative estimate of drug-likeness (QED) is 0.927. The maximum absolute atomic E-state index is 5.94. The van der Waals surface area contributed by atoms with Crippen LogP contribution in [0.3, 0.4) is 0 Å². The van der Waals surface area contributed by atoms with Crippen molar-refractivity contribution in [3.05, 3.63) is 28.2 Å². The van der Waals surface area contributed by atoms with E-state index < -0.39 is 0 Å². The molecule has 2 N–H and O–H groups in total. The molecule has 1 aliphatic rings. The van der Waals surface area contributed by atoms with Gasteiger partial charge in [-0.05, 0) is 38.5 Å². The molecule has 0 bridgehead atoms. The topological polar surface area (TPSA) is 32.5 Å². The Kier molecular flexibility index (Phi) is 4.87. The van der Waals surface area contributed by atoms with Crippen molar-refractivity contribution in [3.8, 4) is 0 Å². The molecule has 1 aromatic carbocycles. The van der Waals surface area contributed by atoms with Gasteiger partial charge in [0.25, 0.3) is 0 Å². The molecule has 1 saturated heterocycles. The summed E-state index contributed by atoms with van der Waals surface area (Å²) in [6, 6.07) is 7.24. The van der Waals surface area contributed by atoms with Gasteiger partial charge in [0.15, 0.2) is 0 Å². The Bertz CT molecular complexity index is 423. The number of benzene rings is 1. The predicted molar refractivity (Wildman–Crippen MR) is 85.7 cm³/mol. The molecule has 1 aliphatic heterocycles. The van der Waals surface area contributed by atoms with E-state index in [9.17, 15) is 0 Å². The van der Waals surface area contributed by atoms with E-state index in [0.717, 1.165) is 30.7 Å². The average Bonchev–Trinajstić information content (AvgIpc) is 2.38. The molecule has 1 aromatic rings. The molecule has 0 spiro atoms. The highest BCUT2D eigenvalue weighted by molar-refractivity contribution is 9.10. The predicted octanol–water partition coefficient (Wildman–Crippen LogP) is 3.00. The molecule has 1 heterocycles. The van der Waals surface area contributed by atoms with Crippen molar-refractivity contribution >= 4 is 21.6 Å². The lowest BCUT2D eigenvalue weighted by Gasteiger charge is -2.38. The van der Waals surface area contributed by atoms with Crippen LogP contribution in [-0.2, 0) is 0 Å². The van der Waals surface area contributed by atoms with Gasteiger partial charge in [-0.15, -0.1) is 0 Å². The molecule has 0 radical (unpaired) electrons. The SMILES string of the molecule is CC(C)N1CCN(c2ccc([C@H](C)N)c(Br)c2)CC1. The summed E-state index contributed by atoms with van der Waals surface area (Å²) in [5.41, 5.74) is 8.41. The lowest BCUT2D eigenvalue weighted by molar-refractivity contribution is 0.209. The van der Waals surface area contributed by atoms with Gasteiger partial charge < -0.3 is 10.6 Å². The lowest BCUT2D eigenvalue weighted by Crippen LogP contribution is -2.48. The van der Waals surface area contributed by atoms with Gasteiger partial charge >= 0.3 is 0 Å². The van der Waals surface area contributed by atoms with Crippen molar-refractivity contribution in [2.24, 2.45) is 5.73 Å². The first kappa shape index (κ1) is 14.8. The second-order valence-electron chi connectivity index (χ2n) is 5.61. The van der Waals surface area contributed by atoms with Crippen molar-refractivity contribution in [1.29, 1.82) is 0 Å². The van der Waals surface area contributed by atoms with Crippen LogP contribution in [0.5, 0.6) is 0 Å². The van der Waals surface area contributed by atoms with E-state index in [2.05, 4.69) is 57.8 Å². The number of nitrogens with zero attached hydrogens (tertiary/aromatic N) is 2. The first-order chi connectivity index (χ1) is 8.99. The molecule has 0 amide bonds. The smallest absolute Gasteiger partial charge is 0.0378 e. The average molecular weight is 326 g/mol. The van der Waals surface area contributed by atoms with Crippen LogP contribution in [0, 0.1) is 0 Å². The molecule has 0 aliphatic carbocycles. The largest absolute Gasteiger partial charge is 0.369 e. The highest BCUT2D eigenvalue weighted by Gasteiger charge is 2.19. The van der Waals surface area contributed by atoms with Crippen LogP contribution in [0.25, 0.3) is 0 Å². The molecule has 1 fully saturated rings. The van der Waals surface area contributed by atoms with E-state index in [1.165, 1.54) is 11.3 Å². The van der Waals surface area contributed by atoms with E-state index in [1.807, 2.05) is 6.92 Å². The fourth-order valence-corrected chi connectivity index (χ4v) is 3.31. The summed E-state index contributed by atoms with van der Waals surface area (Å²) in [5.74, 6) is 0. The van der Waals surface area contributed by atoms with Crippen LogP contribution in [-0.4, -0.2) is 37.1 Å². The van der Waals surface area contributed by atoms with Crippen molar-refractivity contribution in [3.63, 3.8) is 0 Å². The second kappa shape index (κ2) is 6.25. The molecule has 2 rings (SSSR count). The maximum atomic E-state index is 5.94. The van der Waals surface area contributed by atoms with Crippen molar-refractivity contribution in [2.45, 2.75) is 32.9 Å². The summed E-state index contributed by atoms with van der Waals surface area (Å²) < 4.78 is 1.12. The van der Waals surface area contributed by atoms with E-state index in [-0.39, 0.29) is 6.04 Å². The number of halogens is 1. The van der Waals surface area contributed by atoms with Gasteiger partial charge in [0.1, 0.15) is 0 Å². The Morgan fingerprint density at radius 2 is 1.74 bits per heavy atom. The van der Waals surface area contributed by atoms with Gasteiger partial charge in [-0.25, -0.2) is 0 Å². The Hall–Kier alpha value is -0.580. The summed E-state index contributed by atoms with van der Waals surface area (Å²) in [5, 5.41) is 0. The van der Waals surface area contributed by atoms with Crippen LogP contribution in [0.15, 0.2) is 22.7 Å². The highest BCUT2D eigenvalue weighted by Crippen LogP contribution is 2.28. The molecular formula is C15H24BrN3. The number of piperazine rings is 1. The minimum atomic E-state index is 0.0706. The summed E-state index contributed by atoms with van der Waals surface area (Å²) >= 11 is 3.63. The zero-order valence-electron chi connectivity index (χ0n) is 12.1. The number of hydrogen-bond donors (Lipinski definition) is 1. The molecule has 0 unspecified atom stereocenters. The standard InChI is InChI=1S/C15H24BrN3/c1-11(2)18-6-8-19(9-7-18)13-4-5-14(12(3)17)15(16)10-13/h4-5,10-12H,6-9,17H2,1-3H3/t12-/m0/s1. The van der Waals surface area contributed by atoms with Crippen LogP contribution in [0.1, 0.15) is 32.4 Å². The summed E-state index contributed by atoms with van der Waals surface area (Å²) in [4.78, 5) is 4.98. The van der Waals surface area contributed by atoms with Gasteiger partial charge in [-0.3, -0.25) is 4.90 Å².